The van der Waals surface area contributed by atoms with E-state index in [4.69, 9.17) is 0 Å². The average molecular weight is 583 g/mol. The first kappa shape index (κ1) is 24.2. The van der Waals surface area contributed by atoms with E-state index in [1.54, 1.807) is 0 Å². The van der Waals surface area contributed by atoms with Gasteiger partial charge in [-0.15, -0.1) is 0 Å². The molecule has 1 aliphatic rings. The molecule has 0 spiro atoms. The van der Waals surface area contributed by atoms with E-state index in [-0.39, 0.29) is 0 Å². The van der Waals surface area contributed by atoms with Crippen LogP contribution in [0.5, 0.6) is 0 Å². The fraction of sp³-hybridized carbons (Fsp3) is 0. The van der Waals surface area contributed by atoms with Crippen molar-refractivity contribution >= 4 is 65.2 Å². The number of hydrogen-bond donors (Lipinski definition) is 0. The van der Waals surface area contributed by atoms with Crippen LogP contribution in [0, 0.1) is 0 Å². The van der Waals surface area contributed by atoms with E-state index in [9.17, 15) is 0 Å². The van der Waals surface area contributed by atoms with Gasteiger partial charge in [-0.1, -0.05) is 121 Å². The third-order valence-corrected chi connectivity index (χ3v) is 10.2. The predicted molar refractivity (Wildman–Crippen MR) is 195 cm³/mol. The molecule has 8 aromatic carbocycles. The molecular weight excluding hydrogens is 556 g/mol. The molecule has 2 nitrogen and oxygen atoms in total. The zero-order chi connectivity index (χ0) is 29.9. The Bertz CT molecular complexity index is 2910. The molecule has 0 radical (unpaired) electrons. The van der Waals surface area contributed by atoms with E-state index < -0.39 is 0 Å². The van der Waals surface area contributed by atoms with E-state index in [0.29, 0.717) is 0 Å². The summed E-state index contributed by atoms with van der Waals surface area (Å²) in [4.78, 5) is 0. The van der Waals surface area contributed by atoms with Gasteiger partial charge in [0.25, 0.3) is 0 Å². The van der Waals surface area contributed by atoms with Gasteiger partial charge in [-0.25, -0.2) is 0 Å². The van der Waals surface area contributed by atoms with Gasteiger partial charge in [0.1, 0.15) is 0 Å². The van der Waals surface area contributed by atoms with Crippen molar-refractivity contribution in [1.29, 1.82) is 0 Å². The largest absolute Gasteiger partial charge is 0.309 e. The van der Waals surface area contributed by atoms with Gasteiger partial charge in [-0.3, -0.25) is 0 Å². The van der Waals surface area contributed by atoms with Gasteiger partial charge in [-0.05, 0) is 69.2 Å². The normalized spacial score (nSPS) is 12.3. The number of fused-ring (bicyclic) bond motifs is 11. The summed E-state index contributed by atoms with van der Waals surface area (Å²) in [7, 11) is 0. The Morgan fingerprint density at radius 3 is 1.83 bits per heavy atom. The van der Waals surface area contributed by atoms with Crippen LogP contribution >= 0.6 is 0 Å². The predicted octanol–water partition coefficient (Wildman–Crippen LogP) is 11.8. The van der Waals surface area contributed by atoms with Crippen molar-refractivity contribution in [3.05, 3.63) is 158 Å². The minimum Gasteiger partial charge on any atom is -0.309 e. The summed E-state index contributed by atoms with van der Waals surface area (Å²) in [6.07, 6.45) is 0. The molecule has 0 atom stereocenters. The second kappa shape index (κ2) is 8.74. The maximum absolute atomic E-state index is 2.51. The molecule has 10 aromatic rings. The van der Waals surface area contributed by atoms with Crippen molar-refractivity contribution in [2.75, 3.05) is 0 Å². The van der Waals surface area contributed by atoms with Gasteiger partial charge in [0.15, 0.2) is 0 Å². The van der Waals surface area contributed by atoms with Crippen molar-refractivity contribution in [3.63, 3.8) is 0 Å². The Kier molecular flexibility index (Phi) is 4.61. The summed E-state index contributed by atoms with van der Waals surface area (Å²) in [6, 6.07) is 58.2. The first-order chi connectivity index (χ1) is 22.8. The minimum atomic E-state index is 1.18. The summed E-state index contributed by atoms with van der Waals surface area (Å²) >= 11 is 0. The van der Waals surface area contributed by atoms with Gasteiger partial charge in [0, 0.05) is 38.2 Å². The van der Waals surface area contributed by atoms with Crippen LogP contribution in [0.3, 0.4) is 0 Å². The molecule has 11 rings (SSSR count). The Labute approximate surface area is 265 Å². The smallest absolute Gasteiger partial charge is 0.0625 e. The van der Waals surface area contributed by atoms with Crippen molar-refractivity contribution in [2.24, 2.45) is 0 Å². The molecule has 0 aliphatic heterocycles. The Morgan fingerprint density at radius 1 is 0.348 bits per heavy atom. The monoisotopic (exact) mass is 582 g/mol. The molecule has 0 amide bonds. The van der Waals surface area contributed by atoms with Gasteiger partial charge < -0.3 is 9.13 Å². The van der Waals surface area contributed by atoms with Crippen LogP contribution < -0.4 is 0 Å². The number of benzene rings is 8. The summed E-state index contributed by atoms with van der Waals surface area (Å²) < 4.78 is 4.95. The molecule has 0 saturated carbocycles. The Morgan fingerprint density at radius 2 is 0.978 bits per heavy atom. The molecule has 0 saturated heterocycles. The van der Waals surface area contributed by atoms with E-state index in [1.165, 1.54) is 98.8 Å². The second-order valence-corrected chi connectivity index (χ2v) is 12.5. The fourth-order valence-corrected chi connectivity index (χ4v) is 8.36. The summed E-state index contributed by atoms with van der Waals surface area (Å²) in [5, 5.41) is 10.2. The van der Waals surface area contributed by atoms with E-state index in [2.05, 4.69) is 167 Å². The topological polar surface area (TPSA) is 9.86 Å². The molecular formula is C44H26N2. The van der Waals surface area contributed by atoms with Gasteiger partial charge in [0.05, 0.1) is 27.8 Å². The minimum absolute atomic E-state index is 1.18. The van der Waals surface area contributed by atoms with Crippen LogP contribution in [0.4, 0.5) is 0 Å². The first-order valence-electron chi connectivity index (χ1n) is 16.0. The van der Waals surface area contributed by atoms with Crippen LogP contribution in [0.2, 0.25) is 0 Å². The number of hydrogen-bond acceptors (Lipinski definition) is 0. The average Bonchev–Trinajstić information content (AvgIpc) is 3.75. The van der Waals surface area contributed by atoms with Crippen LogP contribution in [-0.4, -0.2) is 9.13 Å². The van der Waals surface area contributed by atoms with Crippen molar-refractivity contribution < 1.29 is 0 Å². The van der Waals surface area contributed by atoms with Crippen LogP contribution in [-0.2, 0) is 0 Å². The zero-order valence-electron chi connectivity index (χ0n) is 24.9. The van der Waals surface area contributed by atoms with Crippen LogP contribution in [0.15, 0.2) is 158 Å². The van der Waals surface area contributed by atoms with E-state index in [1.807, 2.05) is 0 Å². The lowest BCUT2D eigenvalue weighted by Crippen LogP contribution is -1.97. The van der Waals surface area contributed by atoms with Crippen LogP contribution in [0.25, 0.3) is 98.8 Å². The molecule has 2 heteroatoms. The molecule has 0 bridgehead atoms. The van der Waals surface area contributed by atoms with E-state index >= 15 is 0 Å². The molecule has 2 aromatic heterocycles. The molecule has 0 fully saturated rings. The Hall–Kier alpha value is -6.12. The number of nitrogens with zero attached hydrogens (tertiary/aromatic N) is 2. The first-order valence-corrected chi connectivity index (χ1v) is 16.0. The molecule has 46 heavy (non-hydrogen) atoms. The molecule has 0 N–H and O–H groups in total. The number of aromatic nitrogens is 2. The highest BCUT2D eigenvalue weighted by atomic mass is 15.0. The standard InChI is InChI=1S/C44H26N2/c1-2-14-30-27(10-1)11-9-21-38(30)46-40-20-6-4-16-32(40)37-26-29(22-25-41(37)46)45-39-19-5-3-15-31(39)35-24-23-34-33-17-7-12-28-13-8-18-36(42(28)33)43(34)44(35)45/h1-26H. The lowest BCUT2D eigenvalue weighted by Gasteiger charge is -2.14. The number of para-hydroxylation sites is 2. The lowest BCUT2D eigenvalue weighted by atomic mass is 10.00. The zero-order valence-corrected chi connectivity index (χ0v) is 24.9. The van der Waals surface area contributed by atoms with Crippen LogP contribution in [0.1, 0.15) is 0 Å². The third kappa shape index (κ3) is 3.01. The Balaban J connectivity index is 1.26. The maximum Gasteiger partial charge on any atom is 0.0625 e. The maximum atomic E-state index is 2.51. The van der Waals surface area contributed by atoms with Crippen molar-refractivity contribution in [3.8, 4) is 33.6 Å². The van der Waals surface area contributed by atoms with Gasteiger partial charge in [-0.2, -0.15) is 0 Å². The summed E-state index contributed by atoms with van der Waals surface area (Å²) in [6.45, 7) is 0. The van der Waals surface area contributed by atoms with Gasteiger partial charge in [0.2, 0.25) is 0 Å². The summed E-state index contributed by atoms with van der Waals surface area (Å²) in [5.74, 6) is 0. The second-order valence-electron chi connectivity index (χ2n) is 12.5. The SMILES string of the molecule is c1ccc2c(-n3c4ccccc4c4cc(-n5c6ccccc6c6ccc7c(c65)-c5cccc6cccc-7c56)ccc43)cccc2c1. The quantitative estimate of drug-likeness (QED) is 0.192. The lowest BCUT2D eigenvalue weighted by molar-refractivity contribution is 1.17. The highest BCUT2D eigenvalue weighted by molar-refractivity contribution is 6.25. The molecule has 0 unspecified atom stereocenters. The molecule has 1 aliphatic carbocycles. The molecule has 212 valence electrons. The van der Waals surface area contributed by atoms with Crippen molar-refractivity contribution in [1.82, 2.24) is 9.13 Å². The van der Waals surface area contributed by atoms with E-state index in [0.717, 1.165) is 0 Å². The fourth-order valence-electron chi connectivity index (χ4n) is 8.36. The van der Waals surface area contributed by atoms with Crippen molar-refractivity contribution in [2.45, 2.75) is 0 Å². The summed E-state index contributed by atoms with van der Waals surface area (Å²) in [5.41, 5.74) is 12.6. The molecule has 2 heterocycles. The number of rotatable bonds is 2. The highest BCUT2D eigenvalue weighted by Gasteiger charge is 2.27. The van der Waals surface area contributed by atoms with Gasteiger partial charge >= 0.3 is 0 Å². The third-order valence-electron chi connectivity index (χ3n) is 10.2. The highest BCUT2D eigenvalue weighted by Crippen LogP contribution is 2.52.